The average Bonchev–Trinajstić information content (AvgIpc) is 2.35. The molecule has 0 aliphatic carbocycles. The van der Waals surface area contributed by atoms with Crippen molar-refractivity contribution in [2.75, 3.05) is 5.32 Å². The number of hydrogen-bond donors (Lipinski definition) is 2. The molecule has 0 aromatic heterocycles. The summed E-state index contributed by atoms with van der Waals surface area (Å²) in [4.78, 5) is 0. The van der Waals surface area contributed by atoms with Crippen molar-refractivity contribution in [2.45, 2.75) is 0 Å². The number of nitrogens with one attached hydrogen (secondary N) is 1. The SMILES string of the molecule is N#CC(C#N)=C(C#N)Nc1cc(Cl)c(O)c(Br)c1. The first-order chi connectivity index (χ1) is 8.53. The Bertz CT molecular complexity index is 609. The first kappa shape index (κ1) is 13.9. The summed E-state index contributed by atoms with van der Waals surface area (Å²) in [6.07, 6.45) is 0. The van der Waals surface area contributed by atoms with E-state index in [0.717, 1.165) is 0 Å². The van der Waals surface area contributed by atoms with Gasteiger partial charge in [0.15, 0.2) is 5.57 Å². The van der Waals surface area contributed by atoms with Crippen LogP contribution in [0.3, 0.4) is 0 Å². The Morgan fingerprint density at radius 3 is 2.28 bits per heavy atom. The van der Waals surface area contributed by atoms with Gasteiger partial charge in [0.05, 0.1) is 9.50 Å². The summed E-state index contributed by atoms with van der Waals surface area (Å²) in [7, 11) is 0. The number of rotatable bonds is 2. The lowest BCUT2D eigenvalue weighted by atomic mass is 10.2. The minimum atomic E-state index is -0.335. The van der Waals surface area contributed by atoms with Gasteiger partial charge in [-0.05, 0) is 28.1 Å². The third-order valence-electron chi connectivity index (χ3n) is 1.87. The molecular weight excluding hydrogens is 320 g/mol. The van der Waals surface area contributed by atoms with Gasteiger partial charge in [0.2, 0.25) is 0 Å². The van der Waals surface area contributed by atoms with Crippen LogP contribution in [0.4, 0.5) is 5.69 Å². The Hall–Kier alpha value is -2.20. The summed E-state index contributed by atoms with van der Waals surface area (Å²) < 4.78 is 0.324. The summed E-state index contributed by atoms with van der Waals surface area (Å²) in [5, 5.41) is 38.3. The molecule has 0 atom stereocenters. The highest BCUT2D eigenvalue weighted by atomic mass is 79.9. The van der Waals surface area contributed by atoms with Crippen molar-refractivity contribution in [2.24, 2.45) is 0 Å². The molecule has 0 aliphatic rings. The number of allylic oxidation sites excluding steroid dienone is 2. The highest BCUT2D eigenvalue weighted by Crippen LogP contribution is 2.35. The minimum Gasteiger partial charge on any atom is -0.505 e. The molecule has 88 valence electrons. The molecule has 0 bridgehead atoms. The molecule has 0 unspecified atom stereocenters. The van der Waals surface area contributed by atoms with Crippen LogP contribution in [0.25, 0.3) is 0 Å². The fourth-order valence-electron chi connectivity index (χ4n) is 1.07. The molecule has 0 fully saturated rings. The molecule has 0 heterocycles. The third kappa shape index (κ3) is 2.93. The number of nitriles is 3. The van der Waals surface area contributed by atoms with Gasteiger partial charge in [0.25, 0.3) is 0 Å². The Balaban J connectivity index is 3.22. The summed E-state index contributed by atoms with van der Waals surface area (Å²) in [5.41, 5.74) is -0.157. The van der Waals surface area contributed by atoms with E-state index in [0.29, 0.717) is 10.2 Å². The van der Waals surface area contributed by atoms with E-state index in [1.54, 1.807) is 18.2 Å². The lowest BCUT2D eigenvalue weighted by molar-refractivity contribution is 0.472. The Labute approximate surface area is 116 Å². The molecule has 1 aromatic rings. The van der Waals surface area contributed by atoms with Crippen LogP contribution in [0, 0.1) is 34.0 Å². The second-order valence-corrected chi connectivity index (χ2v) is 4.26. The zero-order valence-electron chi connectivity index (χ0n) is 8.70. The molecule has 1 aromatic carbocycles. The Morgan fingerprint density at radius 1 is 1.22 bits per heavy atom. The summed E-state index contributed by atoms with van der Waals surface area (Å²) >= 11 is 8.82. The van der Waals surface area contributed by atoms with E-state index in [4.69, 9.17) is 27.4 Å². The number of anilines is 1. The van der Waals surface area contributed by atoms with Gasteiger partial charge in [-0.1, -0.05) is 11.6 Å². The van der Waals surface area contributed by atoms with E-state index >= 15 is 0 Å². The van der Waals surface area contributed by atoms with Gasteiger partial charge < -0.3 is 10.4 Å². The lowest BCUT2D eigenvalue weighted by Gasteiger charge is -2.07. The van der Waals surface area contributed by atoms with Crippen LogP contribution in [0.2, 0.25) is 5.02 Å². The van der Waals surface area contributed by atoms with E-state index < -0.39 is 0 Å². The van der Waals surface area contributed by atoms with Gasteiger partial charge >= 0.3 is 0 Å². The first-order valence-corrected chi connectivity index (χ1v) is 5.60. The average molecular weight is 324 g/mol. The molecule has 1 rings (SSSR count). The van der Waals surface area contributed by atoms with Crippen LogP contribution in [-0.2, 0) is 0 Å². The van der Waals surface area contributed by atoms with Crippen LogP contribution < -0.4 is 5.32 Å². The van der Waals surface area contributed by atoms with E-state index in [9.17, 15) is 5.11 Å². The molecule has 0 amide bonds. The van der Waals surface area contributed by atoms with Gasteiger partial charge in [0.1, 0.15) is 29.7 Å². The van der Waals surface area contributed by atoms with Crippen molar-refractivity contribution in [1.82, 2.24) is 0 Å². The predicted molar refractivity (Wildman–Crippen MR) is 68.3 cm³/mol. The monoisotopic (exact) mass is 322 g/mol. The van der Waals surface area contributed by atoms with Gasteiger partial charge in [-0.15, -0.1) is 0 Å². The molecule has 5 nitrogen and oxygen atoms in total. The topological polar surface area (TPSA) is 104 Å². The lowest BCUT2D eigenvalue weighted by Crippen LogP contribution is -2.00. The zero-order valence-corrected chi connectivity index (χ0v) is 11.0. The van der Waals surface area contributed by atoms with Crippen LogP contribution in [0.5, 0.6) is 5.75 Å². The molecule has 0 radical (unpaired) electrons. The highest BCUT2D eigenvalue weighted by molar-refractivity contribution is 9.10. The molecule has 0 spiro atoms. The second-order valence-electron chi connectivity index (χ2n) is 3.00. The number of halogens is 2. The number of phenols is 1. The normalized spacial score (nSPS) is 8.61. The number of benzene rings is 1. The maximum absolute atomic E-state index is 9.44. The molecule has 7 heteroatoms. The predicted octanol–water partition coefficient (Wildman–Crippen LogP) is 3.04. The maximum atomic E-state index is 9.44. The molecule has 2 N–H and O–H groups in total. The van der Waals surface area contributed by atoms with Crippen molar-refractivity contribution in [3.63, 3.8) is 0 Å². The van der Waals surface area contributed by atoms with Crippen LogP contribution >= 0.6 is 27.5 Å². The number of nitrogens with zero attached hydrogens (tertiary/aromatic N) is 3. The highest BCUT2D eigenvalue weighted by Gasteiger charge is 2.10. The summed E-state index contributed by atoms with van der Waals surface area (Å²) in [6, 6.07) is 7.74. The molecule has 0 saturated carbocycles. The van der Waals surface area contributed by atoms with Crippen LogP contribution in [-0.4, -0.2) is 5.11 Å². The van der Waals surface area contributed by atoms with E-state index in [-0.39, 0.29) is 22.0 Å². The minimum absolute atomic E-state index is 0.0691. The smallest absolute Gasteiger partial charge is 0.163 e. The molecule has 0 saturated heterocycles. The van der Waals surface area contributed by atoms with Crippen molar-refractivity contribution >= 4 is 33.2 Å². The zero-order chi connectivity index (χ0) is 13.7. The second kappa shape index (κ2) is 5.93. The van der Waals surface area contributed by atoms with Crippen molar-refractivity contribution < 1.29 is 5.11 Å². The molecule has 0 aliphatic heterocycles. The molecule has 18 heavy (non-hydrogen) atoms. The van der Waals surface area contributed by atoms with Crippen LogP contribution in [0.15, 0.2) is 27.9 Å². The number of phenolic OH excluding ortho intramolecular Hbond substituents is 1. The van der Waals surface area contributed by atoms with Gasteiger partial charge in [-0.3, -0.25) is 0 Å². The van der Waals surface area contributed by atoms with Gasteiger partial charge in [0, 0.05) is 5.69 Å². The van der Waals surface area contributed by atoms with Crippen molar-refractivity contribution in [1.29, 1.82) is 15.8 Å². The largest absolute Gasteiger partial charge is 0.505 e. The molecular formula is C11H4BrClN4O. The van der Waals surface area contributed by atoms with E-state index in [1.165, 1.54) is 12.1 Å². The summed E-state index contributed by atoms with van der Waals surface area (Å²) in [6.45, 7) is 0. The third-order valence-corrected chi connectivity index (χ3v) is 2.76. The van der Waals surface area contributed by atoms with E-state index in [2.05, 4.69) is 21.2 Å². The van der Waals surface area contributed by atoms with Crippen molar-refractivity contribution in [3.05, 3.63) is 32.9 Å². The quantitative estimate of drug-likeness (QED) is 0.643. The van der Waals surface area contributed by atoms with Crippen LogP contribution in [0.1, 0.15) is 0 Å². The fourth-order valence-corrected chi connectivity index (χ4v) is 1.86. The Morgan fingerprint density at radius 2 is 1.83 bits per heavy atom. The van der Waals surface area contributed by atoms with E-state index in [1.807, 2.05) is 0 Å². The maximum Gasteiger partial charge on any atom is 0.163 e. The summed E-state index contributed by atoms with van der Waals surface area (Å²) in [5.74, 6) is -0.134. The fraction of sp³-hybridized carbons (Fsp3) is 0. The standard InChI is InChI=1S/C11H4BrClN4O/c12-8-1-7(2-9(13)11(8)18)17-10(5-16)6(3-14)4-15/h1-2,17-18H. The van der Waals surface area contributed by atoms with Gasteiger partial charge in [-0.25, -0.2) is 0 Å². The van der Waals surface area contributed by atoms with Crippen molar-refractivity contribution in [3.8, 4) is 24.0 Å². The Kier molecular flexibility index (Phi) is 4.57. The number of aromatic hydroxyl groups is 1. The first-order valence-electron chi connectivity index (χ1n) is 4.43. The number of hydrogen-bond acceptors (Lipinski definition) is 5. The van der Waals surface area contributed by atoms with Gasteiger partial charge in [-0.2, -0.15) is 15.8 Å².